The Morgan fingerprint density at radius 2 is 1.57 bits per heavy atom. The van der Waals surface area contributed by atoms with Crippen LogP contribution in [-0.4, -0.2) is 49.7 Å². The van der Waals surface area contributed by atoms with E-state index in [9.17, 15) is 18.5 Å². The summed E-state index contributed by atoms with van der Waals surface area (Å²) in [5.41, 5.74) is 3.72. The van der Waals surface area contributed by atoms with Crippen LogP contribution in [0.5, 0.6) is 11.5 Å². The van der Waals surface area contributed by atoms with Crippen molar-refractivity contribution in [3.05, 3.63) is 88.5 Å². The maximum Gasteiger partial charge on any atom is 0.254 e. The number of piperazine rings is 1. The van der Waals surface area contributed by atoms with E-state index in [1.54, 1.807) is 11.0 Å². The summed E-state index contributed by atoms with van der Waals surface area (Å²) in [6, 6.07) is 19.4. The number of nitrogens with zero attached hydrogens (tertiary/aromatic N) is 3. The Morgan fingerprint density at radius 1 is 0.914 bits per heavy atom. The van der Waals surface area contributed by atoms with Crippen molar-refractivity contribution in [3.63, 3.8) is 0 Å². The van der Waals surface area contributed by atoms with E-state index in [4.69, 9.17) is 4.74 Å². The van der Waals surface area contributed by atoms with Crippen LogP contribution >= 0.6 is 0 Å². The Hall–Kier alpha value is -3.67. The third-order valence-corrected chi connectivity index (χ3v) is 7.93. The Morgan fingerprint density at radius 3 is 2.20 bits per heavy atom. The van der Waals surface area contributed by atoms with Gasteiger partial charge >= 0.3 is 0 Å². The zero-order valence-electron chi connectivity index (χ0n) is 20.0. The lowest BCUT2D eigenvalue weighted by atomic mass is 10.1. The molecule has 1 amide bonds. The van der Waals surface area contributed by atoms with Crippen LogP contribution in [0.2, 0.25) is 0 Å². The van der Waals surface area contributed by atoms with Crippen molar-refractivity contribution in [1.29, 1.82) is 5.26 Å². The van der Waals surface area contributed by atoms with Gasteiger partial charge in [0.15, 0.2) is 0 Å². The third kappa shape index (κ3) is 5.21. The molecule has 0 spiro atoms. The Balaban J connectivity index is 1.58. The van der Waals surface area contributed by atoms with Crippen LogP contribution in [0.3, 0.4) is 0 Å². The first-order valence-electron chi connectivity index (χ1n) is 11.3. The lowest BCUT2D eigenvalue weighted by Gasteiger charge is -2.34. The van der Waals surface area contributed by atoms with Gasteiger partial charge in [-0.25, -0.2) is 8.42 Å². The summed E-state index contributed by atoms with van der Waals surface area (Å²) >= 11 is 0. The average Bonchev–Trinajstić information content (AvgIpc) is 2.83. The number of hydrogen-bond donors (Lipinski definition) is 0. The highest BCUT2D eigenvalue weighted by Gasteiger charge is 2.33. The number of nitriles is 1. The highest BCUT2D eigenvalue weighted by Crippen LogP contribution is 2.33. The summed E-state index contributed by atoms with van der Waals surface area (Å²) in [7, 11) is -3.97. The first-order chi connectivity index (χ1) is 16.7. The number of benzene rings is 3. The number of aryl methyl sites for hydroxylation is 3. The second-order valence-corrected chi connectivity index (χ2v) is 10.6. The summed E-state index contributed by atoms with van der Waals surface area (Å²) in [5.74, 6) is 0.579. The molecule has 1 aliphatic rings. The van der Waals surface area contributed by atoms with Crippen molar-refractivity contribution >= 4 is 15.9 Å². The maximum atomic E-state index is 13.6. The molecule has 3 aromatic carbocycles. The smallest absolute Gasteiger partial charge is 0.254 e. The molecule has 8 heteroatoms. The fourth-order valence-corrected chi connectivity index (χ4v) is 5.80. The molecule has 1 saturated heterocycles. The molecule has 0 atom stereocenters. The number of hydrogen-bond acceptors (Lipinski definition) is 5. The van der Waals surface area contributed by atoms with Crippen molar-refractivity contribution in [2.45, 2.75) is 25.7 Å². The van der Waals surface area contributed by atoms with E-state index in [-0.39, 0.29) is 48.3 Å². The first-order valence-corrected chi connectivity index (χ1v) is 12.8. The Kier molecular flexibility index (Phi) is 6.92. The van der Waals surface area contributed by atoms with Crippen LogP contribution in [0.4, 0.5) is 0 Å². The van der Waals surface area contributed by atoms with Crippen LogP contribution < -0.4 is 4.74 Å². The molecule has 4 rings (SSSR count). The lowest BCUT2D eigenvalue weighted by Crippen LogP contribution is -2.50. The molecule has 35 heavy (non-hydrogen) atoms. The van der Waals surface area contributed by atoms with Gasteiger partial charge in [-0.2, -0.15) is 9.57 Å². The predicted octanol–water partition coefficient (Wildman–Crippen LogP) is 4.42. The average molecular weight is 490 g/mol. The van der Waals surface area contributed by atoms with Gasteiger partial charge in [0.25, 0.3) is 5.91 Å². The van der Waals surface area contributed by atoms with Crippen molar-refractivity contribution in [3.8, 4) is 17.6 Å². The predicted molar refractivity (Wildman–Crippen MR) is 133 cm³/mol. The molecule has 1 aliphatic heterocycles. The third-order valence-electron chi connectivity index (χ3n) is 6.01. The summed E-state index contributed by atoms with van der Waals surface area (Å²) < 4.78 is 34.6. The molecule has 0 unspecified atom stereocenters. The van der Waals surface area contributed by atoms with E-state index in [1.807, 2.05) is 63.2 Å². The normalized spacial score (nSPS) is 14.4. The van der Waals surface area contributed by atoms with Gasteiger partial charge in [-0.05, 0) is 73.9 Å². The van der Waals surface area contributed by atoms with Gasteiger partial charge in [0.05, 0.1) is 11.6 Å². The van der Waals surface area contributed by atoms with E-state index in [0.29, 0.717) is 11.3 Å². The standard InChI is InChI=1S/C27H27N3O4S/c1-19-14-20(2)16-23(15-19)34-25-9-8-22(18-28)17-26(25)35(32,33)30-12-10-29(11-13-30)27(31)24-7-5-4-6-21(24)3/h4-9,14-17H,10-13H2,1-3H3. The van der Waals surface area contributed by atoms with Crippen molar-refractivity contribution < 1.29 is 17.9 Å². The highest BCUT2D eigenvalue weighted by atomic mass is 32.2. The van der Waals surface area contributed by atoms with E-state index in [0.717, 1.165) is 16.7 Å². The molecule has 1 fully saturated rings. The number of carbonyl (C=O) groups excluding carboxylic acids is 1. The van der Waals surface area contributed by atoms with E-state index in [2.05, 4.69) is 0 Å². The summed E-state index contributed by atoms with van der Waals surface area (Å²) in [5, 5.41) is 9.37. The minimum absolute atomic E-state index is 0.0608. The SMILES string of the molecule is Cc1cc(C)cc(Oc2ccc(C#N)cc2S(=O)(=O)N2CCN(C(=O)c3ccccc3C)CC2)c1. The fourth-order valence-electron chi connectivity index (χ4n) is 4.24. The minimum atomic E-state index is -3.97. The lowest BCUT2D eigenvalue weighted by molar-refractivity contribution is 0.0697. The van der Waals surface area contributed by atoms with E-state index >= 15 is 0 Å². The molecule has 3 aromatic rings. The van der Waals surface area contributed by atoms with Gasteiger partial charge in [-0.1, -0.05) is 24.3 Å². The molecule has 0 saturated carbocycles. The Bertz CT molecular complexity index is 1400. The first kappa shape index (κ1) is 24.5. The topological polar surface area (TPSA) is 90.7 Å². The second kappa shape index (κ2) is 9.90. The maximum absolute atomic E-state index is 13.6. The summed E-state index contributed by atoms with van der Waals surface area (Å²) in [4.78, 5) is 14.6. The van der Waals surface area contributed by atoms with Gasteiger partial charge in [0, 0.05) is 31.7 Å². The summed E-state index contributed by atoms with van der Waals surface area (Å²) in [6.45, 7) is 6.62. The van der Waals surface area contributed by atoms with Gasteiger partial charge in [-0.15, -0.1) is 0 Å². The number of amides is 1. The van der Waals surface area contributed by atoms with Gasteiger partial charge in [0.2, 0.25) is 10.0 Å². The molecule has 7 nitrogen and oxygen atoms in total. The van der Waals surface area contributed by atoms with Gasteiger partial charge < -0.3 is 9.64 Å². The quantitative estimate of drug-likeness (QED) is 0.529. The number of rotatable bonds is 5. The molecule has 180 valence electrons. The number of sulfonamides is 1. The monoisotopic (exact) mass is 489 g/mol. The van der Waals surface area contributed by atoms with Gasteiger partial charge in [-0.3, -0.25) is 4.79 Å². The van der Waals surface area contributed by atoms with Crippen LogP contribution in [-0.2, 0) is 10.0 Å². The van der Waals surface area contributed by atoms with Crippen LogP contribution in [0.15, 0.2) is 65.6 Å². The largest absolute Gasteiger partial charge is 0.456 e. The van der Waals surface area contributed by atoms with E-state index < -0.39 is 10.0 Å². The van der Waals surface area contributed by atoms with Crippen LogP contribution in [0.1, 0.15) is 32.6 Å². The molecule has 1 heterocycles. The van der Waals surface area contributed by atoms with Crippen molar-refractivity contribution in [1.82, 2.24) is 9.21 Å². The molecular weight excluding hydrogens is 462 g/mol. The Labute approximate surface area is 206 Å². The zero-order valence-corrected chi connectivity index (χ0v) is 20.8. The van der Waals surface area contributed by atoms with Crippen LogP contribution in [0.25, 0.3) is 0 Å². The fraction of sp³-hybridized carbons (Fsp3) is 0.259. The van der Waals surface area contributed by atoms with Gasteiger partial charge in [0.1, 0.15) is 16.4 Å². The molecule has 0 bridgehead atoms. The van der Waals surface area contributed by atoms with Crippen molar-refractivity contribution in [2.75, 3.05) is 26.2 Å². The molecule has 0 N–H and O–H groups in total. The van der Waals surface area contributed by atoms with E-state index in [1.165, 1.54) is 22.5 Å². The molecule has 0 aliphatic carbocycles. The molecule has 0 radical (unpaired) electrons. The molecule has 0 aromatic heterocycles. The number of carbonyl (C=O) groups is 1. The summed E-state index contributed by atoms with van der Waals surface area (Å²) in [6.07, 6.45) is 0. The second-order valence-electron chi connectivity index (χ2n) is 8.71. The number of ether oxygens (including phenoxy) is 1. The highest BCUT2D eigenvalue weighted by molar-refractivity contribution is 7.89. The minimum Gasteiger partial charge on any atom is -0.456 e. The van der Waals surface area contributed by atoms with Crippen molar-refractivity contribution in [2.24, 2.45) is 0 Å². The van der Waals surface area contributed by atoms with Crippen LogP contribution in [0, 0.1) is 32.1 Å². The zero-order chi connectivity index (χ0) is 25.2. The molecular formula is C27H27N3O4S.